The molecule has 1 saturated heterocycles. The highest BCUT2D eigenvalue weighted by Gasteiger charge is 2.30. The summed E-state index contributed by atoms with van der Waals surface area (Å²) in [6.45, 7) is 0.984. The summed E-state index contributed by atoms with van der Waals surface area (Å²) in [7, 11) is 0. The molecule has 142 valence electrons. The second kappa shape index (κ2) is 7.94. The number of phenolic OH excluding ortho intramolecular Hbond substituents is 1. The van der Waals surface area contributed by atoms with Crippen LogP contribution in [0.1, 0.15) is 22.0 Å². The van der Waals surface area contributed by atoms with Crippen LogP contribution in [-0.2, 0) is 4.79 Å². The number of nitrogens with zero attached hydrogens (tertiary/aromatic N) is 2. The van der Waals surface area contributed by atoms with E-state index in [2.05, 4.69) is 0 Å². The van der Waals surface area contributed by atoms with Crippen molar-refractivity contribution in [2.45, 2.75) is 6.10 Å². The molecule has 0 aliphatic carbocycles. The monoisotopic (exact) mass is 392 g/mol. The number of benzene rings is 2. The summed E-state index contributed by atoms with van der Waals surface area (Å²) in [6, 6.07) is 9.77. The maximum Gasteiger partial charge on any atom is 0.256 e. The van der Waals surface area contributed by atoms with Crippen LogP contribution < -0.4 is 0 Å². The largest absolute Gasteiger partial charge is 0.508 e. The third-order valence-electron chi connectivity index (χ3n) is 4.46. The fourth-order valence-electron chi connectivity index (χ4n) is 2.98. The number of amides is 2. The molecule has 0 bridgehead atoms. The van der Waals surface area contributed by atoms with E-state index in [1.807, 2.05) is 0 Å². The molecule has 0 aromatic heterocycles. The van der Waals surface area contributed by atoms with Gasteiger partial charge in [-0.3, -0.25) is 9.59 Å². The lowest BCUT2D eigenvalue weighted by Crippen LogP contribution is -2.51. The van der Waals surface area contributed by atoms with E-state index in [9.17, 15) is 24.2 Å². The lowest BCUT2D eigenvalue weighted by molar-refractivity contribution is -0.142. The minimum Gasteiger partial charge on any atom is -0.508 e. The fraction of sp³-hybridized carbons (Fsp3) is 0.263. The highest BCUT2D eigenvalue weighted by atomic mass is 35.5. The van der Waals surface area contributed by atoms with Crippen LogP contribution >= 0.6 is 11.6 Å². The molecular weight excluding hydrogens is 375 g/mol. The predicted octanol–water partition coefficient (Wildman–Crippen LogP) is 2.20. The van der Waals surface area contributed by atoms with Gasteiger partial charge in [-0.1, -0.05) is 23.7 Å². The number of phenols is 1. The first kappa shape index (κ1) is 19.1. The average molecular weight is 393 g/mol. The normalized spacial score (nSPS) is 15.5. The molecule has 1 heterocycles. The van der Waals surface area contributed by atoms with Gasteiger partial charge in [-0.15, -0.1) is 0 Å². The summed E-state index contributed by atoms with van der Waals surface area (Å²) in [5.41, 5.74) is 0.223. The van der Waals surface area contributed by atoms with Crippen LogP contribution in [0.15, 0.2) is 42.5 Å². The number of carbonyl (C=O) groups is 2. The fourth-order valence-corrected chi connectivity index (χ4v) is 3.14. The number of piperazine rings is 1. The van der Waals surface area contributed by atoms with E-state index in [0.29, 0.717) is 5.56 Å². The van der Waals surface area contributed by atoms with Gasteiger partial charge in [0.2, 0.25) is 0 Å². The van der Waals surface area contributed by atoms with E-state index in [0.717, 1.165) is 6.07 Å². The highest BCUT2D eigenvalue weighted by Crippen LogP contribution is 2.23. The van der Waals surface area contributed by atoms with Crippen molar-refractivity contribution in [2.75, 3.05) is 26.2 Å². The topological polar surface area (TPSA) is 81.1 Å². The summed E-state index contributed by atoms with van der Waals surface area (Å²) >= 11 is 5.69. The van der Waals surface area contributed by atoms with Crippen molar-refractivity contribution in [3.05, 3.63) is 64.4 Å². The molecule has 2 aromatic carbocycles. The van der Waals surface area contributed by atoms with Crippen LogP contribution in [0.5, 0.6) is 5.75 Å². The summed E-state index contributed by atoms with van der Waals surface area (Å²) in [4.78, 5) is 27.9. The Morgan fingerprint density at radius 2 is 1.70 bits per heavy atom. The predicted molar refractivity (Wildman–Crippen MR) is 97.0 cm³/mol. The zero-order valence-electron chi connectivity index (χ0n) is 14.3. The van der Waals surface area contributed by atoms with Gasteiger partial charge in [0.25, 0.3) is 11.8 Å². The molecule has 2 N–H and O–H groups in total. The Kier molecular flexibility index (Phi) is 5.62. The molecule has 2 amide bonds. The number of rotatable bonds is 3. The van der Waals surface area contributed by atoms with Crippen molar-refractivity contribution >= 4 is 23.4 Å². The van der Waals surface area contributed by atoms with Crippen LogP contribution in [0, 0.1) is 5.82 Å². The molecule has 8 heteroatoms. The molecule has 2 aromatic rings. The van der Waals surface area contributed by atoms with Crippen LogP contribution in [-0.4, -0.2) is 58.0 Å². The first-order valence-electron chi connectivity index (χ1n) is 8.37. The van der Waals surface area contributed by atoms with Gasteiger partial charge in [0.1, 0.15) is 11.6 Å². The second-order valence-corrected chi connectivity index (χ2v) is 6.67. The van der Waals surface area contributed by atoms with Crippen molar-refractivity contribution in [3.8, 4) is 5.75 Å². The Morgan fingerprint density at radius 3 is 2.33 bits per heavy atom. The Balaban J connectivity index is 1.63. The second-order valence-electron chi connectivity index (χ2n) is 6.24. The third-order valence-corrected chi connectivity index (χ3v) is 4.70. The molecule has 0 spiro atoms. The molecule has 1 unspecified atom stereocenters. The number of carbonyl (C=O) groups excluding carboxylic acids is 2. The van der Waals surface area contributed by atoms with Crippen LogP contribution in [0.3, 0.4) is 0 Å². The zero-order chi connectivity index (χ0) is 19.6. The summed E-state index contributed by atoms with van der Waals surface area (Å²) in [5.74, 6) is -1.62. The lowest BCUT2D eigenvalue weighted by Gasteiger charge is -2.35. The number of aromatic hydroxyl groups is 1. The lowest BCUT2D eigenvalue weighted by atomic mass is 10.1. The van der Waals surface area contributed by atoms with Gasteiger partial charge < -0.3 is 20.0 Å². The Morgan fingerprint density at radius 1 is 1.04 bits per heavy atom. The number of aliphatic hydroxyl groups excluding tert-OH is 1. The minimum absolute atomic E-state index is 0.00257. The van der Waals surface area contributed by atoms with Gasteiger partial charge in [0.15, 0.2) is 6.10 Å². The Bertz CT molecular complexity index is 869. The van der Waals surface area contributed by atoms with Gasteiger partial charge in [-0.2, -0.15) is 0 Å². The van der Waals surface area contributed by atoms with Gasteiger partial charge in [-0.25, -0.2) is 4.39 Å². The maximum absolute atomic E-state index is 13.9. The number of aliphatic hydroxyl groups is 1. The first-order chi connectivity index (χ1) is 12.9. The van der Waals surface area contributed by atoms with Crippen molar-refractivity contribution in [1.82, 2.24) is 9.80 Å². The third kappa shape index (κ3) is 4.20. The first-order valence-corrected chi connectivity index (χ1v) is 8.74. The number of hydrogen-bond donors (Lipinski definition) is 2. The van der Waals surface area contributed by atoms with Crippen molar-refractivity contribution in [3.63, 3.8) is 0 Å². The van der Waals surface area contributed by atoms with E-state index in [-0.39, 0.29) is 48.4 Å². The van der Waals surface area contributed by atoms with Crippen LogP contribution in [0.2, 0.25) is 5.02 Å². The van der Waals surface area contributed by atoms with Gasteiger partial charge >= 0.3 is 0 Å². The molecule has 6 nitrogen and oxygen atoms in total. The molecule has 1 fully saturated rings. The molecule has 27 heavy (non-hydrogen) atoms. The van der Waals surface area contributed by atoms with Crippen molar-refractivity contribution in [1.29, 1.82) is 0 Å². The molecular formula is C19H18ClFN2O4. The van der Waals surface area contributed by atoms with E-state index < -0.39 is 17.8 Å². The van der Waals surface area contributed by atoms with E-state index >= 15 is 0 Å². The number of halogens is 2. The van der Waals surface area contributed by atoms with Crippen LogP contribution in [0.4, 0.5) is 4.39 Å². The summed E-state index contributed by atoms with van der Waals surface area (Å²) in [5, 5.41) is 19.9. The summed E-state index contributed by atoms with van der Waals surface area (Å²) in [6.07, 6.45) is -1.63. The smallest absolute Gasteiger partial charge is 0.256 e. The molecule has 1 aliphatic rings. The molecule has 3 rings (SSSR count). The summed E-state index contributed by atoms with van der Waals surface area (Å²) < 4.78 is 13.9. The molecule has 0 saturated carbocycles. The van der Waals surface area contributed by atoms with Gasteiger partial charge in [-0.05, 0) is 30.3 Å². The molecule has 0 radical (unpaired) electrons. The average Bonchev–Trinajstić information content (AvgIpc) is 2.66. The van der Waals surface area contributed by atoms with Gasteiger partial charge in [0, 0.05) is 42.3 Å². The maximum atomic E-state index is 13.9. The SMILES string of the molecule is O=C(c1cccc(O)c1)N1CCN(C(=O)C(O)c2ccc(Cl)cc2F)CC1. The van der Waals surface area contributed by atoms with E-state index in [1.54, 1.807) is 17.0 Å². The minimum atomic E-state index is -1.63. The van der Waals surface area contributed by atoms with Crippen LogP contribution in [0.25, 0.3) is 0 Å². The molecule has 1 atom stereocenters. The van der Waals surface area contributed by atoms with Crippen molar-refractivity contribution < 1.29 is 24.2 Å². The zero-order valence-corrected chi connectivity index (χ0v) is 15.1. The number of hydrogen-bond acceptors (Lipinski definition) is 4. The Hall–Kier alpha value is -2.64. The van der Waals surface area contributed by atoms with Gasteiger partial charge in [0.05, 0.1) is 0 Å². The molecule has 1 aliphatic heterocycles. The van der Waals surface area contributed by atoms with E-state index in [1.165, 1.54) is 29.2 Å². The standard InChI is InChI=1S/C19H18ClFN2O4/c20-13-4-5-15(16(21)11-13)17(25)19(27)23-8-6-22(7-9-23)18(26)12-2-1-3-14(24)10-12/h1-5,10-11,17,24-25H,6-9H2. The quantitative estimate of drug-likeness (QED) is 0.839. The van der Waals surface area contributed by atoms with Crippen molar-refractivity contribution in [2.24, 2.45) is 0 Å². The van der Waals surface area contributed by atoms with E-state index in [4.69, 9.17) is 11.6 Å². The highest BCUT2D eigenvalue weighted by molar-refractivity contribution is 6.30. The Labute approximate surface area is 160 Å².